The van der Waals surface area contributed by atoms with Crippen LogP contribution in [0.3, 0.4) is 0 Å². The van der Waals surface area contributed by atoms with Crippen molar-refractivity contribution >= 4 is 0 Å². The first-order chi connectivity index (χ1) is 6.34. The van der Waals surface area contributed by atoms with E-state index in [1.54, 1.807) is 6.92 Å². The summed E-state index contributed by atoms with van der Waals surface area (Å²) in [6.45, 7) is 7.07. The fraction of sp³-hybridized carbons (Fsp3) is 1.00. The third-order valence-electron chi connectivity index (χ3n) is 3.04. The van der Waals surface area contributed by atoms with Crippen molar-refractivity contribution in [3.05, 3.63) is 0 Å². The first kappa shape index (κ1) is 13.9. The zero-order valence-electron chi connectivity index (χ0n) is 9.70. The fourth-order valence-electron chi connectivity index (χ4n) is 1.58. The van der Waals surface area contributed by atoms with E-state index in [2.05, 4.69) is 6.92 Å². The van der Waals surface area contributed by atoms with E-state index in [9.17, 15) is 15.3 Å². The van der Waals surface area contributed by atoms with Crippen molar-refractivity contribution in [1.82, 2.24) is 0 Å². The van der Waals surface area contributed by atoms with Crippen molar-refractivity contribution in [1.29, 1.82) is 0 Å². The van der Waals surface area contributed by atoms with Gasteiger partial charge in [0.1, 0.15) is 6.10 Å². The molecule has 3 heteroatoms. The van der Waals surface area contributed by atoms with Crippen LogP contribution in [-0.4, -0.2) is 33.1 Å². The highest BCUT2D eigenvalue weighted by Gasteiger charge is 2.38. The van der Waals surface area contributed by atoms with Crippen LogP contribution in [-0.2, 0) is 0 Å². The molecule has 0 saturated carbocycles. The van der Waals surface area contributed by atoms with E-state index in [0.29, 0.717) is 0 Å². The molecule has 0 spiro atoms. The molecule has 0 aliphatic carbocycles. The van der Waals surface area contributed by atoms with Gasteiger partial charge >= 0.3 is 0 Å². The molecule has 0 aliphatic heterocycles. The molecule has 0 radical (unpaired) electrons. The van der Waals surface area contributed by atoms with Crippen LogP contribution < -0.4 is 0 Å². The van der Waals surface area contributed by atoms with E-state index in [0.717, 1.165) is 19.3 Å². The Hall–Kier alpha value is -0.120. The second-order valence-electron chi connectivity index (χ2n) is 4.45. The number of hydrogen-bond acceptors (Lipinski definition) is 3. The summed E-state index contributed by atoms with van der Waals surface area (Å²) in [5.41, 5.74) is -1.21. The van der Waals surface area contributed by atoms with Gasteiger partial charge in [-0.3, -0.25) is 0 Å². The van der Waals surface area contributed by atoms with Gasteiger partial charge in [-0.15, -0.1) is 0 Å². The minimum absolute atomic E-state index is 0.00736. The Morgan fingerprint density at radius 1 is 1.21 bits per heavy atom. The minimum Gasteiger partial charge on any atom is -0.391 e. The highest BCUT2D eigenvalue weighted by molar-refractivity contribution is 4.89. The molecule has 0 rings (SSSR count). The van der Waals surface area contributed by atoms with Crippen molar-refractivity contribution in [3.63, 3.8) is 0 Å². The van der Waals surface area contributed by atoms with E-state index in [-0.39, 0.29) is 5.92 Å². The lowest BCUT2D eigenvalue weighted by molar-refractivity contribution is -0.137. The molecule has 0 saturated heterocycles. The lowest BCUT2D eigenvalue weighted by atomic mass is 9.81. The number of rotatable bonds is 6. The maximum absolute atomic E-state index is 10.0. The molecule has 0 aliphatic rings. The topological polar surface area (TPSA) is 60.7 Å². The second kappa shape index (κ2) is 5.69. The lowest BCUT2D eigenvalue weighted by Crippen LogP contribution is -2.50. The Morgan fingerprint density at radius 2 is 1.71 bits per heavy atom. The van der Waals surface area contributed by atoms with Gasteiger partial charge in [-0.25, -0.2) is 0 Å². The Labute approximate surface area is 86.8 Å². The van der Waals surface area contributed by atoms with Crippen LogP contribution in [0.15, 0.2) is 0 Å². The average molecular weight is 204 g/mol. The van der Waals surface area contributed by atoms with Gasteiger partial charge in [-0.05, 0) is 26.2 Å². The van der Waals surface area contributed by atoms with E-state index < -0.39 is 17.8 Å². The smallest absolute Gasteiger partial charge is 0.108 e. The summed E-state index contributed by atoms with van der Waals surface area (Å²) in [7, 11) is 0. The van der Waals surface area contributed by atoms with Gasteiger partial charge < -0.3 is 15.3 Å². The van der Waals surface area contributed by atoms with Gasteiger partial charge in [0.05, 0.1) is 11.7 Å². The first-order valence-corrected chi connectivity index (χ1v) is 5.42. The van der Waals surface area contributed by atoms with Gasteiger partial charge in [-0.1, -0.05) is 26.7 Å². The SMILES string of the molecule is CCCCC(C)C(C)(O)C(O)C(C)O. The van der Waals surface area contributed by atoms with Crippen LogP contribution in [0.5, 0.6) is 0 Å². The van der Waals surface area contributed by atoms with Crippen molar-refractivity contribution in [2.24, 2.45) is 5.92 Å². The van der Waals surface area contributed by atoms with Gasteiger partial charge in [-0.2, -0.15) is 0 Å². The summed E-state index contributed by atoms with van der Waals surface area (Å²) in [5, 5.41) is 28.9. The maximum atomic E-state index is 10.0. The van der Waals surface area contributed by atoms with Gasteiger partial charge in [0, 0.05) is 0 Å². The monoisotopic (exact) mass is 204 g/mol. The number of unbranched alkanes of at least 4 members (excludes halogenated alkanes) is 1. The van der Waals surface area contributed by atoms with Crippen molar-refractivity contribution in [3.8, 4) is 0 Å². The van der Waals surface area contributed by atoms with Crippen LogP contribution in [0, 0.1) is 5.92 Å². The molecule has 3 N–H and O–H groups in total. The molecular formula is C11H24O3. The second-order valence-corrected chi connectivity index (χ2v) is 4.45. The summed E-state index contributed by atoms with van der Waals surface area (Å²) < 4.78 is 0. The van der Waals surface area contributed by atoms with E-state index in [1.807, 2.05) is 6.92 Å². The predicted molar refractivity (Wildman–Crippen MR) is 57.0 cm³/mol. The number of aliphatic hydroxyl groups excluding tert-OH is 2. The quantitative estimate of drug-likeness (QED) is 0.611. The van der Waals surface area contributed by atoms with Crippen molar-refractivity contribution in [2.45, 2.75) is 64.8 Å². The molecule has 0 amide bonds. The van der Waals surface area contributed by atoms with E-state index >= 15 is 0 Å². The molecule has 0 aromatic carbocycles. The summed E-state index contributed by atoms with van der Waals surface area (Å²) in [6, 6.07) is 0. The molecule has 0 fully saturated rings. The predicted octanol–water partition coefficient (Wildman–Crippen LogP) is 1.31. The highest BCUT2D eigenvalue weighted by Crippen LogP contribution is 2.27. The molecule has 0 bridgehead atoms. The molecule has 4 atom stereocenters. The van der Waals surface area contributed by atoms with Gasteiger partial charge in [0.25, 0.3) is 0 Å². The molecule has 0 aromatic rings. The highest BCUT2D eigenvalue weighted by atomic mass is 16.4. The van der Waals surface area contributed by atoms with Crippen molar-refractivity contribution < 1.29 is 15.3 Å². The standard InChI is InChI=1S/C11H24O3/c1-5-6-7-8(2)11(4,14)10(13)9(3)12/h8-10,12-14H,5-7H2,1-4H3. The van der Waals surface area contributed by atoms with E-state index in [1.165, 1.54) is 6.92 Å². The zero-order valence-corrected chi connectivity index (χ0v) is 9.70. The molecule has 0 aromatic heterocycles. The molecule has 4 unspecified atom stereocenters. The average Bonchev–Trinajstić information content (AvgIpc) is 2.12. The third kappa shape index (κ3) is 3.56. The first-order valence-electron chi connectivity index (χ1n) is 5.42. The van der Waals surface area contributed by atoms with Crippen molar-refractivity contribution in [2.75, 3.05) is 0 Å². The molecule has 86 valence electrons. The number of aliphatic hydroxyl groups is 3. The minimum atomic E-state index is -1.21. The molecule has 3 nitrogen and oxygen atoms in total. The summed E-state index contributed by atoms with van der Waals surface area (Å²) >= 11 is 0. The summed E-state index contributed by atoms with van der Waals surface area (Å²) in [4.78, 5) is 0. The van der Waals surface area contributed by atoms with Gasteiger partial charge in [0.15, 0.2) is 0 Å². The normalized spacial score (nSPS) is 22.5. The maximum Gasteiger partial charge on any atom is 0.108 e. The van der Waals surface area contributed by atoms with Crippen LogP contribution >= 0.6 is 0 Å². The summed E-state index contributed by atoms with van der Waals surface area (Å²) in [5.74, 6) is -0.00736. The molecule has 14 heavy (non-hydrogen) atoms. The van der Waals surface area contributed by atoms with Gasteiger partial charge in [0.2, 0.25) is 0 Å². The Kier molecular flexibility index (Phi) is 5.64. The number of hydrogen-bond donors (Lipinski definition) is 3. The zero-order chi connectivity index (χ0) is 11.4. The molecule has 0 heterocycles. The Bertz CT molecular complexity index is 155. The lowest BCUT2D eigenvalue weighted by Gasteiger charge is -2.36. The largest absolute Gasteiger partial charge is 0.391 e. The van der Waals surface area contributed by atoms with Crippen LogP contribution in [0.25, 0.3) is 0 Å². The van der Waals surface area contributed by atoms with Crippen LogP contribution in [0.2, 0.25) is 0 Å². The van der Waals surface area contributed by atoms with Crippen LogP contribution in [0.1, 0.15) is 47.0 Å². The summed E-state index contributed by atoms with van der Waals surface area (Å²) in [6.07, 6.45) is 1.01. The fourth-order valence-corrected chi connectivity index (χ4v) is 1.58. The van der Waals surface area contributed by atoms with Crippen LogP contribution in [0.4, 0.5) is 0 Å². The Balaban J connectivity index is 4.27. The Morgan fingerprint density at radius 3 is 2.07 bits per heavy atom. The molecular weight excluding hydrogens is 180 g/mol. The third-order valence-corrected chi connectivity index (χ3v) is 3.04. The van der Waals surface area contributed by atoms with E-state index in [4.69, 9.17) is 0 Å².